The molecular weight excluding hydrogens is 238 g/mol. The molecular formula is C16H27NO2. The van der Waals surface area contributed by atoms with Gasteiger partial charge in [-0.15, -0.1) is 0 Å². The van der Waals surface area contributed by atoms with Gasteiger partial charge in [-0.1, -0.05) is 51.1 Å². The summed E-state index contributed by atoms with van der Waals surface area (Å²) in [6, 6.07) is 10.3. The summed E-state index contributed by atoms with van der Waals surface area (Å²) in [6.07, 6.45) is 0.456. The van der Waals surface area contributed by atoms with Gasteiger partial charge in [-0.25, -0.2) is 0 Å². The van der Waals surface area contributed by atoms with Gasteiger partial charge < -0.3 is 15.2 Å². The minimum atomic E-state index is -0.330. The average Bonchev–Trinajstić information content (AvgIpc) is 2.33. The molecule has 0 aliphatic heterocycles. The van der Waals surface area contributed by atoms with Crippen LogP contribution in [0.2, 0.25) is 0 Å². The number of methoxy groups -OCH3 is 1. The van der Waals surface area contributed by atoms with Gasteiger partial charge in [-0.3, -0.25) is 0 Å². The van der Waals surface area contributed by atoms with Crippen LogP contribution in [-0.4, -0.2) is 31.5 Å². The maximum atomic E-state index is 10.0. The van der Waals surface area contributed by atoms with Crippen LogP contribution >= 0.6 is 0 Å². The Kier molecular flexibility index (Phi) is 6.49. The van der Waals surface area contributed by atoms with Gasteiger partial charge in [-0.2, -0.15) is 0 Å². The summed E-state index contributed by atoms with van der Waals surface area (Å²) >= 11 is 0. The van der Waals surface area contributed by atoms with Crippen molar-refractivity contribution < 1.29 is 9.84 Å². The fourth-order valence-electron chi connectivity index (χ4n) is 2.18. The number of rotatable bonds is 7. The van der Waals surface area contributed by atoms with Crippen LogP contribution in [0.25, 0.3) is 0 Å². The van der Waals surface area contributed by atoms with E-state index < -0.39 is 0 Å². The zero-order chi connectivity index (χ0) is 14.3. The Morgan fingerprint density at radius 1 is 1.21 bits per heavy atom. The highest BCUT2D eigenvalue weighted by Gasteiger charge is 2.18. The summed E-state index contributed by atoms with van der Waals surface area (Å²) in [4.78, 5) is 0. The summed E-state index contributed by atoms with van der Waals surface area (Å²) in [5, 5.41) is 13.4. The van der Waals surface area contributed by atoms with E-state index >= 15 is 0 Å². The van der Waals surface area contributed by atoms with E-state index in [-0.39, 0.29) is 17.6 Å². The van der Waals surface area contributed by atoms with E-state index in [1.165, 1.54) is 5.56 Å². The quantitative estimate of drug-likeness (QED) is 0.796. The van der Waals surface area contributed by atoms with Crippen LogP contribution in [0.5, 0.6) is 0 Å². The third kappa shape index (κ3) is 6.71. The van der Waals surface area contributed by atoms with Crippen LogP contribution in [0, 0.1) is 5.41 Å². The molecule has 0 saturated carbocycles. The standard InChI is InChI=1S/C16H27NO2/c1-16(2,3)10-14(18)11-17-15(12-19-4)13-8-6-5-7-9-13/h5-9,14-15,17-18H,10-12H2,1-4H3. The van der Waals surface area contributed by atoms with Crippen molar-refractivity contribution in [1.82, 2.24) is 5.32 Å². The first-order chi connectivity index (χ1) is 8.92. The third-order valence-electron chi connectivity index (χ3n) is 2.98. The van der Waals surface area contributed by atoms with Crippen molar-refractivity contribution in [2.45, 2.75) is 39.3 Å². The molecule has 2 atom stereocenters. The molecule has 0 saturated heterocycles. The molecule has 2 N–H and O–H groups in total. The summed E-state index contributed by atoms with van der Waals surface area (Å²) < 4.78 is 5.25. The molecule has 3 heteroatoms. The average molecular weight is 265 g/mol. The van der Waals surface area contributed by atoms with E-state index in [0.29, 0.717) is 13.2 Å². The van der Waals surface area contributed by atoms with Gasteiger partial charge in [-0.05, 0) is 17.4 Å². The Morgan fingerprint density at radius 2 is 1.84 bits per heavy atom. The number of hydrogen-bond acceptors (Lipinski definition) is 3. The van der Waals surface area contributed by atoms with Crippen molar-refractivity contribution in [3.8, 4) is 0 Å². The first-order valence-electron chi connectivity index (χ1n) is 6.88. The second-order valence-corrected chi connectivity index (χ2v) is 6.25. The van der Waals surface area contributed by atoms with Crippen LogP contribution in [-0.2, 0) is 4.74 Å². The first-order valence-corrected chi connectivity index (χ1v) is 6.88. The predicted molar refractivity (Wildman–Crippen MR) is 79.1 cm³/mol. The van der Waals surface area contributed by atoms with E-state index in [0.717, 1.165) is 6.42 Å². The topological polar surface area (TPSA) is 41.5 Å². The highest BCUT2D eigenvalue weighted by atomic mass is 16.5. The maximum absolute atomic E-state index is 10.0. The van der Waals surface area contributed by atoms with Crippen LogP contribution in [0.4, 0.5) is 0 Å². The lowest BCUT2D eigenvalue weighted by Gasteiger charge is -2.25. The van der Waals surface area contributed by atoms with Gasteiger partial charge >= 0.3 is 0 Å². The second-order valence-electron chi connectivity index (χ2n) is 6.25. The third-order valence-corrected chi connectivity index (χ3v) is 2.98. The van der Waals surface area contributed by atoms with Gasteiger partial charge in [0.15, 0.2) is 0 Å². The van der Waals surface area contributed by atoms with E-state index in [1.807, 2.05) is 18.2 Å². The molecule has 0 aliphatic carbocycles. The fourth-order valence-corrected chi connectivity index (χ4v) is 2.18. The van der Waals surface area contributed by atoms with E-state index in [4.69, 9.17) is 4.74 Å². The molecule has 1 aromatic carbocycles. The lowest BCUT2D eigenvalue weighted by molar-refractivity contribution is 0.106. The van der Waals surface area contributed by atoms with Crippen LogP contribution in [0.1, 0.15) is 38.8 Å². The van der Waals surface area contributed by atoms with Crippen molar-refractivity contribution in [1.29, 1.82) is 0 Å². The summed E-state index contributed by atoms with van der Waals surface area (Å²) in [5.41, 5.74) is 1.33. The van der Waals surface area contributed by atoms with Gasteiger partial charge in [0.2, 0.25) is 0 Å². The smallest absolute Gasteiger partial charge is 0.0669 e. The molecule has 0 amide bonds. The van der Waals surface area contributed by atoms with Gasteiger partial charge in [0.1, 0.15) is 0 Å². The molecule has 0 spiro atoms. The van der Waals surface area contributed by atoms with Crippen molar-refractivity contribution >= 4 is 0 Å². The minimum absolute atomic E-state index is 0.126. The molecule has 108 valence electrons. The lowest BCUT2D eigenvalue weighted by atomic mass is 9.89. The number of aliphatic hydroxyl groups is 1. The van der Waals surface area contributed by atoms with Crippen molar-refractivity contribution in [3.05, 3.63) is 35.9 Å². The van der Waals surface area contributed by atoms with Crippen molar-refractivity contribution in [2.75, 3.05) is 20.3 Å². The van der Waals surface area contributed by atoms with E-state index in [2.05, 4.69) is 38.2 Å². The van der Waals surface area contributed by atoms with Gasteiger partial charge in [0.25, 0.3) is 0 Å². The van der Waals surface area contributed by atoms with Crippen LogP contribution < -0.4 is 5.32 Å². The molecule has 0 bridgehead atoms. The van der Waals surface area contributed by atoms with Gasteiger partial charge in [0.05, 0.1) is 18.8 Å². The first kappa shape index (κ1) is 16.2. The maximum Gasteiger partial charge on any atom is 0.0669 e. The Balaban J connectivity index is 2.51. The minimum Gasteiger partial charge on any atom is -0.392 e. The Hall–Kier alpha value is -0.900. The fraction of sp³-hybridized carbons (Fsp3) is 0.625. The summed E-state index contributed by atoms with van der Waals surface area (Å²) in [6.45, 7) is 7.60. The molecule has 2 unspecified atom stereocenters. The second kappa shape index (κ2) is 7.63. The Labute approximate surface area is 117 Å². The zero-order valence-electron chi connectivity index (χ0n) is 12.5. The molecule has 0 fully saturated rings. The molecule has 0 heterocycles. The SMILES string of the molecule is COCC(NCC(O)CC(C)(C)C)c1ccccc1. The highest BCUT2D eigenvalue weighted by molar-refractivity contribution is 5.18. The molecule has 1 aromatic rings. The van der Waals surface area contributed by atoms with Crippen molar-refractivity contribution in [2.24, 2.45) is 5.41 Å². The lowest BCUT2D eigenvalue weighted by Crippen LogP contribution is -2.34. The normalized spacial score (nSPS) is 15.2. The van der Waals surface area contributed by atoms with Crippen LogP contribution in [0.3, 0.4) is 0 Å². The van der Waals surface area contributed by atoms with E-state index in [9.17, 15) is 5.11 Å². The molecule has 0 radical (unpaired) electrons. The zero-order valence-corrected chi connectivity index (χ0v) is 12.5. The molecule has 19 heavy (non-hydrogen) atoms. The molecule has 0 aromatic heterocycles. The number of benzene rings is 1. The summed E-state index contributed by atoms with van der Waals surface area (Å²) in [7, 11) is 1.70. The number of ether oxygens (including phenoxy) is 1. The molecule has 1 rings (SSSR count). The van der Waals surface area contributed by atoms with Crippen molar-refractivity contribution in [3.63, 3.8) is 0 Å². The van der Waals surface area contributed by atoms with Crippen LogP contribution in [0.15, 0.2) is 30.3 Å². The molecule has 0 aliphatic rings. The molecule has 3 nitrogen and oxygen atoms in total. The summed E-state index contributed by atoms with van der Waals surface area (Å²) in [5.74, 6) is 0. The highest BCUT2D eigenvalue weighted by Crippen LogP contribution is 2.21. The largest absolute Gasteiger partial charge is 0.392 e. The number of hydrogen-bond donors (Lipinski definition) is 2. The van der Waals surface area contributed by atoms with Gasteiger partial charge in [0, 0.05) is 13.7 Å². The number of nitrogens with one attached hydrogen (secondary N) is 1. The predicted octanol–water partition coefficient (Wildman–Crippen LogP) is 2.76. The Morgan fingerprint density at radius 3 is 2.37 bits per heavy atom. The number of aliphatic hydroxyl groups excluding tert-OH is 1. The van der Waals surface area contributed by atoms with E-state index in [1.54, 1.807) is 7.11 Å². The Bertz CT molecular complexity index is 346. The monoisotopic (exact) mass is 265 g/mol.